The lowest BCUT2D eigenvalue weighted by molar-refractivity contribution is 0.438. The lowest BCUT2D eigenvalue weighted by Gasteiger charge is -2.40. The molecule has 0 radical (unpaired) electrons. The van der Waals surface area contributed by atoms with E-state index in [-0.39, 0.29) is 5.92 Å². The van der Waals surface area contributed by atoms with Gasteiger partial charge in [-0.25, -0.2) is 9.97 Å². The molecule has 0 bridgehead atoms. The van der Waals surface area contributed by atoms with Gasteiger partial charge in [-0.1, -0.05) is 279 Å². The number of hydrogen-bond acceptors (Lipinski definition) is 5. The van der Waals surface area contributed by atoms with E-state index >= 15 is 0 Å². The van der Waals surface area contributed by atoms with Crippen LogP contribution in [0.4, 0.5) is 0 Å². The molecule has 2 aliphatic heterocycles. The summed E-state index contributed by atoms with van der Waals surface area (Å²) in [4.78, 5) is 10.7. The van der Waals surface area contributed by atoms with Gasteiger partial charge < -0.3 is 9.47 Å². The highest BCUT2D eigenvalue weighted by molar-refractivity contribution is 6.04. The molecular formula is C87H53N3O2. The van der Waals surface area contributed by atoms with Gasteiger partial charge >= 0.3 is 0 Å². The monoisotopic (exact) mass is 1170 g/mol. The second-order valence-corrected chi connectivity index (χ2v) is 24.7. The molecule has 13 aromatic carbocycles. The first kappa shape index (κ1) is 52.0. The average molecular weight is 1170 g/mol. The van der Waals surface area contributed by atoms with Crippen molar-refractivity contribution in [3.05, 3.63) is 365 Å². The Morgan fingerprint density at radius 1 is 0.359 bits per heavy atom. The second-order valence-electron chi connectivity index (χ2n) is 24.7. The van der Waals surface area contributed by atoms with Crippen molar-refractivity contribution in [3.8, 4) is 96.2 Å². The molecule has 3 atom stereocenters. The maximum Gasteiger partial charge on any atom is 0.160 e. The SMILES string of the molecule is N#CC1C(c2cccc(-c3cccc4c3Oc3ccccc3C43c4ccccc4-c4ccccc43)c2)=CC=CC1c1ccc2c(c1)C1(c3ccccc3Oc3c(-c4cccc(-c5nc(-c6cccc7ccccc67)c6ccccc6n5)c4)cccc31)c1ccccc1-2. The van der Waals surface area contributed by atoms with E-state index in [0.717, 1.165) is 134 Å². The number of hydrogen-bond donors (Lipinski definition) is 0. The Morgan fingerprint density at radius 2 is 0.826 bits per heavy atom. The summed E-state index contributed by atoms with van der Waals surface area (Å²) in [7, 11) is 0. The van der Waals surface area contributed by atoms with Crippen LogP contribution in [0.5, 0.6) is 23.0 Å². The zero-order valence-corrected chi connectivity index (χ0v) is 49.8. The van der Waals surface area contributed by atoms with Gasteiger partial charge in [-0.3, -0.25) is 0 Å². The smallest absolute Gasteiger partial charge is 0.160 e. The van der Waals surface area contributed by atoms with Crippen LogP contribution in [0.1, 0.15) is 61.6 Å². The van der Waals surface area contributed by atoms with Gasteiger partial charge in [0.15, 0.2) is 5.82 Å². The van der Waals surface area contributed by atoms with Crippen molar-refractivity contribution in [2.45, 2.75) is 16.7 Å². The van der Waals surface area contributed by atoms with Crippen molar-refractivity contribution in [2.24, 2.45) is 5.92 Å². The van der Waals surface area contributed by atoms with Crippen LogP contribution in [-0.2, 0) is 10.8 Å². The van der Waals surface area contributed by atoms with Crippen LogP contribution in [0.15, 0.2) is 309 Å². The third-order valence-corrected chi connectivity index (χ3v) is 20.3. The van der Waals surface area contributed by atoms with Gasteiger partial charge in [0, 0.05) is 55.8 Å². The first-order valence-electron chi connectivity index (χ1n) is 31.6. The highest BCUT2D eigenvalue weighted by Gasteiger charge is 2.53. The number of rotatable bonds is 6. The Morgan fingerprint density at radius 3 is 1.48 bits per heavy atom. The molecule has 14 aromatic rings. The number of para-hydroxylation sites is 5. The summed E-state index contributed by atoms with van der Waals surface area (Å²) in [6.07, 6.45) is 6.50. The average Bonchev–Trinajstić information content (AvgIpc) is 1.48. The number of nitrogens with zero attached hydrogens (tertiary/aromatic N) is 3. The molecule has 5 heteroatoms. The summed E-state index contributed by atoms with van der Waals surface area (Å²) in [6.45, 7) is 0. The van der Waals surface area contributed by atoms with Gasteiger partial charge in [-0.2, -0.15) is 5.26 Å². The van der Waals surface area contributed by atoms with Crippen LogP contribution >= 0.6 is 0 Å². The molecule has 0 fully saturated rings. The van der Waals surface area contributed by atoms with Gasteiger partial charge in [-0.05, 0) is 113 Å². The zero-order valence-electron chi connectivity index (χ0n) is 49.8. The predicted molar refractivity (Wildman–Crippen MR) is 369 cm³/mol. The molecule has 0 saturated heterocycles. The predicted octanol–water partition coefficient (Wildman–Crippen LogP) is 21.3. The molecule has 3 unspecified atom stereocenters. The first-order chi connectivity index (χ1) is 45.6. The van der Waals surface area contributed by atoms with Gasteiger partial charge in [-0.15, -0.1) is 0 Å². The molecule has 428 valence electrons. The van der Waals surface area contributed by atoms with E-state index in [9.17, 15) is 5.26 Å². The molecule has 92 heavy (non-hydrogen) atoms. The summed E-state index contributed by atoms with van der Waals surface area (Å²) in [5.74, 6) is 3.18. The van der Waals surface area contributed by atoms with Crippen LogP contribution in [0.3, 0.4) is 0 Å². The number of fused-ring (bicyclic) bond motifs is 20. The van der Waals surface area contributed by atoms with E-state index < -0.39 is 16.7 Å². The van der Waals surface area contributed by atoms with Crippen LogP contribution in [0.25, 0.3) is 94.4 Å². The third-order valence-electron chi connectivity index (χ3n) is 20.3. The molecule has 2 spiro atoms. The molecule has 19 rings (SSSR count). The molecule has 3 heterocycles. The Labute approximate surface area is 532 Å². The number of ether oxygens (including phenoxy) is 2. The van der Waals surface area contributed by atoms with E-state index in [4.69, 9.17) is 19.4 Å². The highest BCUT2D eigenvalue weighted by Crippen LogP contribution is 2.66. The van der Waals surface area contributed by atoms with Gasteiger partial charge in [0.25, 0.3) is 0 Å². The van der Waals surface area contributed by atoms with Crippen molar-refractivity contribution in [3.63, 3.8) is 0 Å². The maximum absolute atomic E-state index is 11.6. The van der Waals surface area contributed by atoms with Crippen LogP contribution < -0.4 is 9.47 Å². The standard InChI is InChI=1S/C87H53N3O2/c88-52-70-60(54-23-15-24-55(49-54)62-34-19-42-76-83(62)91-80-45-13-10-40-74(80)86(76)71-37-7-3-28-64(71)65-29-4-8-38-72(65)86)32-18-33-61(70)57-47-48-67-66-30-5-9-39-73(66)87(78(67)51-57)75-41-11-14-46-81(75)92-84-63(35-20-43-77(84)87)56-25-16-26-58(50-56)85-89-79-44-12-6-31-69(79)82(90-85)68-36-17-22-53-21-1-2-27-59(53)68/h1-51,61,70H. The second kappa shape index (κ2) is 20.0. The lowest BCUT2D eigenvalue weighted by atomic mass is 9.65. The quantitative estimate of drug-likeness (QED) is 0.166. The van der Waals surface area contributed by atoms with Crippen LogP contribution in [0, 0.1) is 17.2 Å². The molecule has 1 aromatic heterocycles. The van der Waals surface area contributed by atoms with E-state index in [1.54, 1.807) is 0 Å². The fourth-order valence-corrected chi connectivity index (χ4v) is 16.4. The third kappa shape index (κ3) is 7.29. The molecule has 0 amide bonds. The molecule has 3 aliphatic carbocycles. The summed E-state index contributed by atoms with van der Waals surface area (Å²) >= 11 is 0. The maximum atomic E-state index is 11.6. The fourth-order valence-electron chi connectivity index (χ4n) is 16.4. The van der Waals surface area contributed by atoms with Gasteiger partial charge in [0.05, 0.1) is 34.0 Å². The van der Waals surface area contributed by atoms with Crippen molar-refractivity contribution in [1.29, 1.82) is 5.26 Å². The summed E-state index contributed by atoms with van der Waals surface area (Å²) in [5.41, 5.74) is 23.5. The molecule has 0 saturated carbocycles. The van der Waals surface area contributed by atoms with E-state index in [2.05, 4.69) is 309 Å². The molecular weight excluding hydrogens is 1120 g/mol. The molecule has 0 N–H and O–H groups in total. The Kier molecular flexibility index (Phi) is 11.3. The highest BCUT2D eigenvalue weighted by atomic mass is 16.5. The minimum Gasteiger partial charge on any atom is -0.456 e. The number of aromatic nitrogens is 2. The van der Waals surface area contributed by atoms with Crippen molar-refractivity contribution < 1.29 is 9.47 Å². The van der Waals surface area contributed by atoms with E-state index in [1.807, 2.05) is 6.07 Å². The minimum atomic E-state index is -0.777. The van der Waals surface area contributed by atoms with Gasteiger partial charge in [0.2, 0.25) is 0 Å². The van der Waals surface area contributed by atoms with Crippen molar-refractivity contribution in [1.82, 2.24) is 9.97 Å². The lowest BCUT2D eigenvalue weighted by Crippen LogP contribution is -2.32. The normalized spacial score (nSPS) is 17.0. The number of benzene rings is 13. The zero-order chi connectivity index (χ0) is 60.7. The van der Waals surface area contributed by atoms with E-state index in [1.165, 1.54) is 33.4 Å². The first-order valence-corrected chi connectivity index (χ1v) is 31.6. The molecule has 5 nitrogen and oxygen atoms in total. The topological polar surface area (TPSA) is 68.0 Å². The van der Waals surface area contributed by atoms with Crippen molar-refractivity contribution >= 4 is 27.2 Å². The fraction of sp³-hybridized carbons (Fsp3) is 0.0460. The van der Waals surface area contributed by atoms with Gasteiger partial charge in [0.1, 0.15) is 23.0 Å². The van der Waals surface area contributed by atoms with Crippen LogP contribution in [0.2, 0.25) is 0 Å². The summed E-state index contributed by atoms with van der Waals surface area (Å²) in [6, 6.07) is 107. The largest absolute Gasteiger partial charge is 0.456 e. The Hall–Kier alpha value is -12.0. The minimum absolute atomic E-state index is 0.261. The summed E-state index contributed by atoms with van der Waals surface area (Å²) in [5, 5.41) is 14.9. The molecule has 5 aliphatic rings. The summed E-state index contributed by atoms with van der Waals surface area (Å²) < 4.78 is 14.4. The Bertz CT molecular complexity index is 5560. The number of nitriles is 1. The Balaban J connectivity index is 0.715. The number of allylic oxidation sites excluding steroid dienone is 4. The van der Waals surface area contributed by atoms with Crippen LogP contribution in [-0.4, -0.2) is 9.97 Å². The van der Waals surface area contributed by atoms with Crippen molar-refractivity contribution in [2.75, 3.05) is 0 Å². The van der Waals surface area contributed by atoms with E-state index in [0.29, 0.717) is 5.82 Å².